The van der Waals surface area contributed by atoms with E-state index in [1.54, 1.807) is 31.3 Å². The maximum absolute atomic E-state index is 12.6. The predicted octanol–water partition coefficient (Wildman–Crippen LogP) is 3.18. The van der Waals surface area contributed by atoms with Crippen molar-refractivity contribution in [2.75, 3.05) is 23.3 Å². The van der Waals surface area contributed by atoms with Gasteiger partial charge in [0, 0.05) is 13.1 Å². The molecular formula is C20H22N4O3. The number of piperidine rings is 1. The fourth-order valence-corrected chi connectivity index (χ4v) is 3.48. The minimum atomic E-state index is -0.706. The molecule has 3 aromatic rings. The summed E-state index contributed by atoms with van der Waals surface area (Å²) in [7, 11) is 0. The summed E-state index contributed by atoms with van der Waals surface area (Å²) in [6, 6.07) is 10.1. The van der Waals surface area contributed by atoms with Gasteiger partial charge in [-0.3, -0.25) is 9.36 Å². The second-order valence-corrected chi connectivity index (χ2v) is 6.82. The number of amides is 1. The Morgan fingerprint density at radius 2 is 1.93 bits per heavy atom. The van der Waals surface area contributed by atoms with Gasteiger partial charge in [0.05, 0.1) is 17.4 Å². The van der Waals surface area contributed by atoms with Crippen LogP contribution in [0.3, 0.4) is 0 Å². The first-order chi connectivity index (χ1) is 13.1. The van der Waals surface area contributed by atoms with Crippen LogP contribution in [0.15, 0.2) is 51.8 Å². The fourth-order valence-electron chi connectivity index (χ4n) is 3.48. The largest absolute Gasteiger partial charge is 0.420 e. The van der Waals surface area contributed by atoms with Gasteiger partial charge >= 0.3 is 5.76 Å². The summed E-state index contributed by atoms with van der Waals surface area (Å²) in [6.07, 6.45) is 5.30. The number of benzene rings is 1. The van der Waals surface area contributed by atoms with Crippen molar-refractivity contribution in [3.63, 3.8) is 0 Å². The Morgan fingerprint density at radius 3 is 2.67 bits per heavy atom. The van der Waals surface area contributed by atoms with Gasteiger partial charge in [0.1, 0.15) is 11.9 Å². The molecule has 0 radical (unpaired) electrons. The zero-order valence-corrected chi connectivity index (χ0v) is 15.2. The van der Waals surface area contributed by atoms with E-state index in [0.717, 1.165) is 18.9 Å². The van der Waals surface area contributed by atoms with E-state index in [9.17, 15) is 9.59 Å². The van der Waals surface area contributed by atoms with Crippen molar-refractivity contribution in [3.8, 4) is 0 Å². The van der Waals surface area contributed by atoms with E-state index in [-0.39, 0.29) is 5.91 Å². The third-order valence-electron chi connectivity index (χ3n) is 4.98. The predicted molar refractivity (Wildman–Crippen MR) is 104 cm³/mol. The average molecular weight is 366 g/mol. The maximum Gasteiger partial charge on any atom is 0.420 e. The molecule has 1 unspecified atom stereocenters. The number of nitrogens with zero attached hydrogens (tertiary/aromatic N) is 3. The fraction of sp³-hybridized carbons (Fsp3) is 0.350. The van der Waals surface area contributed by atoms with Crippen molar-refractivity contribution in [2.24, 2.45) is 0 Å². The molecule has 1 fully saturated rings. The molecule has 1 aliphatic rings. The summed E-state index contributed by atoms with van der Waals surface area (Å²) in [5, 5.41) is 2.83. The molecule has 7 nitrogen and oxygen atoms in total. The number of hydrogen-bond donors (Lipinski definition) is 1. The minimum Gasteiger partial charge on any atom is -0.408 e. The molecule has 3 heterocycles. The van der Waals surface area contributed by atoms with Crippen LogP contribution < -0.4 is 16.0 Å². The molecule has 1 atom stereocenters. The lowest BCUT2D eigenvalue weighted by atomic mass is 10.1. The zero-order valence-electron chi connectivity index (χ0n) is 15.2. The lowest BCUT2D eigenvalue weighted by Crippen LogP contribution is -2.30. The van der Waals surface area contributed by atoms with Crippen LogP contribution in [0.5, 0.6) is 0 Å². The van der Waals surface area contributed by atoms with Gasteiger partial charge in [-0.15, -0.1) is 0 Å². The highest BCUT2D eigenvalue weighted by Crippen LogP contribution is 2.21. The van der Waals surface area contributed by atoms with Crippen molar-refractivity contribution < 1.29 is 9.21 Å². The number of para-hydroxylation sites is 2. The molecule has 1 aromatic carbocycles. The number of oxazole rings is 1. The molecule has 4 rings (SSSR count). The zero-order chi connectivity index (χ0) is 18.8. The minimum absolute atomic E-state index is 0.295. The van der Waals surface area contributed by atoms with Gasteiger partial charge in [-0.25, -0.2) is 9.78 Å². The molecule has 1 saturated heterocycles. The van der Waals surface area contributed by atoms with Crippen LogP contribution in [-0.2, 0) is 4.79 Å². The molecule has 1 aliphatic heterocycles. The van der Waals surface area contributed by atoms with E-state index in [1.807, 2.05) is 18.2 Å². The molecule has 0 spiro atoms. The quantitative estimate of drug-likeness (QED) is 0.767. The molecular weight excluding hydrogens is 344 g/mol. The third kappa shape index (κ3) is 3.45. The van der Waals surface area contributed by atoms with Crippen LogP contribution in [-0.4, -0.2) is 28.5 Å². The van der Waals surface area contributed by atoms with Gasteiger partial charge in [-0.2, -0.15) is 0 Å². The van der Waals surface area contributed by atoms with Crippen molar-refractivity contribution in [1.82, 2.24) is 9.55 Å². The van der Waals surface area contributed by atoms with Gasteiger partial charge in [0.2, 0.25) is 5.91 Å². The smallest absolute Gasteiger partial charge is 0.408 e. The summed E-state index contributed by atoms with van der Waals surface area (Å²) in [4.78, 5) is 31.5. The summed E-state index contributed by atoms with van der Waals surface area (Å²) >= 11 is 0. The molecule has 140 valence electrons. The van der Waals surface area contributed by atoms with Crippen LogP contribution in [0.25, 0.3) is 11.1 Å². The highest BCUT2D eigenvalue weighted by atomic mass is 16.4. The topological polar surface area (TPSA) is 80.4 Å². The molecule has 7 heteroatoms. The van der Waals surface area contributed by atoms with E-state index in [1.165, 1.54) is 23.8 Å². The Morgan fingerprint density at radius 1 is 1.15 bits per heavy atom. The van der Waals surface area contributed by atoms with E-state index >= 15 is 0 Å². The van der Waals surface area contributed by atoms with Gasteiger partial charge in [0.25, 0.3) is 0 Å². The van der Waals surface area contributed by atoms with Crippen molar-refractivity contribution in [2.45, 2.75) is 32.2 Å². The number of rotatable bonds is 4. The normalized spacial score (nSPS) is 15.7. The van der Waals surface area contributed by atoms with E-state index < -0.39 is 11.8 Å². The Kier molecular flexibility index (Phi) is 4.66. The second-order valence-electron chi connectivity index (χ2n) is 6.82. The van der Waals surface area contributed by atoms with Gasteiger partial charge < -0.3 is 14.6 Å². The highest BCUT2D eigenvalue weighted by molar-refractivity contribution is 5.94. The number of hydrogen-bond acceptors (Lipinski definition) is 5. The van der Waals surface area contributed by atoms with E-state index in [4.69, 9.17) is 4.42 Å². The van der Waals surface area contributed by atoms with Gasteiger partial charge in [-0.1, -0.05) is 12.1 Å². The Balaban J connectivity index is 1.49. The summed E-state index contributed by atoms with van der Waals surface area (Å²) < 4.78 is 6.57. The van der Waals surface area contributed by atoms with Crippen molar-refractivity contribution in [3.05, 3.63) is 53.1 Å². The average Bonchev–Trinajstić information content (AvgIpc) is 3.04. The molecule has 0 bridgehead atoms. The van der Waals surface area contributed by atoms with Crippen LogP contribution in [0.2, 0.25) is 0 Å². The second kappa shape index (κ2) is 7.26. The number of aromatic nitrogens is 2. The van der Waals surface area contributed by atoms with Gasteiger partial charge in [-0.05, 0) is 50.5 Å². The standard InChI is InChI=1S/C20H22N4O3/c1-14(24-16-7-3-4-8-17(16)27-20(24)26)19(25)22-15-9-10-18(21-13-15)23-11-5-2-6-12-23/h3-4,7-10,13-14H,2,5-6,11-12H2,1H3,(H,22,25). The SMILES string of the molecule is CC(C(=O)Nc1ccc(N2CCCCC2)nc1)n1c(=O)oc2ccccc21. The Bertz CT molecular complexity index is 1000. The molecule has 2 aromatic heterocycles. The molecule has 0 saturated carbocycles. The summed E-state index contributed by atoms with van der Waals surface area (Å²) in [5.74, 6) is 0.0893. The molecule has 0 aliphatic carbocycles. The van der Waals surface area contributed by atoms with Crippen LogP contribution in [0, 0.1) is 0 Å². The number of anilines is 2. The lowest BCUT2D eigenvalue weighted by molar-refractivity contribution is -0.118. The Labute approximate surface area is 156 Å². The first-order valence-corrected chi connectivity index (χ1v) is 9.25. The Hall–Kier alpha value is -3.09. The number of carbonyl (C=O) groups excluding carboxylic acids is 1. The van der Waals surface area contributed by atoms with Gasteiger partial charge in [0.15, 0.2) is 5.58 Å². The van der Waals surface area contributed by atoms with Crippen molar-refractivity contribution >= 4 is 28.5 Å². The van der Waals surface area contributed by atoms with Crippen LogP contribution >= 0.6 is 0 Å². The van der Waals surface area contributed by atoms with Crippen LogP contribution in [0.4, 0.5) is 11.5 Å². The number of carbonyl (C=O) groups is 1. The molecule has 1 amide bonds. The van der Waals surface area contributed by atoms with E-state index in [0.29, 0.717) is 16.8 Å². The number of fused-ring (bicyclic) bond motifs is 1. The van der Waals surface area contributed by atoms with Crippen molar-refractivity contribution in [1.29, 1.82) is 0 Å². The van der Waals surface area contributed by atoms with Crippen LogP contribution in [0.1, 0.15) is 32.2 Å². The highest BCUT2D eigenvalue weighted by Gasteiger charge is 2.21. The third-order valence-corrected chi connectivity index (χ3v) is 4.98. The first kappa shape index (κ1) is 17.3. The first-order valence-electron chi connectivity index (χ1n) is 9.25. The summed E-state index contributed by atoms with van der Waals surface area (Å²) in [6.45, 7) is 3.71. The molecule has 1 N–H and O–H groups in total. The monoisotopic (exact) mass is 366 g/mol. The summed E-state index contributed by atoms with van der Waals surface area (Å²) in [5.41, 5.74) is 1.67. The maximum atomic E-state index is 12.6. The lowest BCUT2D eigenvalue weighted by Gasteiger charge is -2.27. The van der Waals surface area contributed by atoms with E-state index in [2.05, 4.69) is 15.2 Å². The number of nitrogens with one attached hydrogen (secondary N) is 1. The molecule has 27 heavy (non-hydrogen) atoms. The number of pyridine rings is 1.